The molecule has 1 rings (SSSR count). The van der Waals surface area contributed by atoms with Gasteiger partial charge in [0.1, 0.15) is 5.75 Å². The molecule has 0 aliphatic rings. The van der Waals surface area contributed by atoms with E-state index in [0.717, 1.165) is 16.9 Å². The number of hydrogen-bond acceptors (Lipinski definition) is 3. The van der Waals surface area contributed by atoms with Gasteiger partial charge in [-0.1, -0.05) is 12.1 Å². The van der Waals surface area contributed by atoms with E-state index in [1.807, 2.05) is 39.0 Å². The highest BCUT2D eigenvalue weighted by molar-refractivity contribution is 5.87. The molecule has 0 N–H and O–H groups in total. The Balaban J connectivity index is 2.88. The molecule has 1 aromatic rings. The summed E-state index contributed by atoms with van der Waals surface area (Å²) in [6.45, 7) is 5.96. The van der Waals surface area contributed by atoms with E-state index in [4.69, 9.17) is 4.74 Å². The van der Waals surface area contributed by atoms with E-state index in [1.54, 1.807) is 6.08 Å². The van der Waals surface area contributed by atoms with Crippen molar-refractivity contribution in [3.63, 3.8) is 0 Å². The fraction of sp³-hybridized carbons (Fsp3) is 0.357. The summed E-state index contributed by atoms with van der Waals surface area (Å²) in [5.74, 6) is 0.476. The Kier molecular flexibility index (Phi) is 4.76. The van der Waals surface area contributed by atoms with Gasteiger partial charge in [-0.2, -0.15) is 0 Å². The second kappa shape index (κ2) is 6.09. The monoisotopic (exact) mass is 234 g/mol. The SMILES string of the molecule is COC(=O)/C=C/c1ccc(C)c(OC(C)C)c1. The molecule has 0 aliphatic heterocycles. The zero-order chi connectivity index (χ0) is 12.8. The van der Waals surface area contributed by atoms with Crippen LogP contribution in [0.1, 0.15) is 25.0 Å². The van der Waals surface area contributed by atoms with E-state index in [0.29, 0.717) is 0 Å². The number of rotatable bonds is 4. The van der Waals surface area contributed by atoms with Crippen LogP contribution in [-0.2, 0) is 9.53 Å². The topological polar surface area (TPSA) is 35.5 Å². The van der Waals surface area contributed by atoms with Crippen LogP contribution in [0.25, 0.3) is 6.08 Å². The van der Waals surface area contributed by atoms with Crippen LogP contribution in [0.3, 0.4) is 0 Å². The van der Waals surface area contributed by atoms with Crippen LogP contribution in [0.2, 0.25) is 0 Å². The van der Waals surface area contributed by atoms with Crippen LogP contribution in [-0.4, -0.2) is 19.2 Å². The van der Waals surface area contributed by atoms with Gasteiger partial charge in [-0.3, -0.25) is 0 Å². The van der Waals surface area contributed by atoms with Gasteiger partial charge < -0.3 is 9.47 Å². The van der Waals surface area contributed by atoms with Crippen molar-refractivity contribution in [1.29, 1.82) is 0 Å². The maximum absolute atomic E-state index is 11.0. The first-order chi connectivity index (χ1) is 8.02. The summed E-state index contributed by atoms with van der Waals surface area (Å²) in [5.41, 5.74) is 1.99. The molecule has 92 valence electrons. The first-order valence-corrected chi connectivity index (χ1v) is 5.56. The molecule has 0 unspecified atom stereocenters. The fourth-order valence-corrected chi connectivity index (χ4v) is 1.33. The molecule has 3 heteroatoms. The number of esters is 1. The standard InChI is InChI=1S/C14H18O3/c1-10(2)17-13-9-12(6-5-11(13)3)7-8-14(15)16-4/h5-10H,1-4H3/b8-7+. The van der Waals surface area contributed by atoms with Gasteiger partial charge in [-0.25, -0.2) is 4.79 Å². The lowest BCUT2D eigenvalue weighted by Gasteiger charge is -2.12. The van der Waals surface area contributed by atoms with E-state index >= 15 is 0 Å². The summed E-state index contributed by atoms with van der Waals surface area (Å²) in [5, 5.41) is 0. The Labute approximate surface area is 102 Å². The second-order valence-electron chi connectivity index (χ2n) is 4.05. The predicted octanol–water partition coefficient (Wildman–Crippen LogP) is 2.97. The smallest absolute Gasteiger partial charge is 0.330 e. The molecule has 0 amide bonds. The van der Waals surface area contributed by atoms with Crippen LogP contribution < -0.4 is 4.74 Å². The Morgan fingerprint density at radius 2 is 2.06 bits per heavy atom. The summed E-state index contributed by atoms with van der Waals surface area (Å²) in [7, 11) is 1.36. The molecule has 3 nitrogen and oxygen atoms in total. The summed E-state index contributed by atoms with van der Waals surface area (Å²) in [4.78, 5) is 11.0. The molecule has 0 aromatic heterocycles. The molecule has 0 atom stereocenters. The third kappa shape index (κ3) is 4.31. The molecule has 0 bridgehead atoms. The lowest BCUT2D eigenvalue weighted by Crippen LogP contribution is -2.06. The van der Waals surface area contributed by atoms with E-state index in [9.17, 15) is 4.79 Å². The van der Waals surface area contributed by atoms with Gasteiger partial charge in [0.25, 0.3) is 0 Å². The van der Waals surface area contributed by atoms with Gasteiger partial charge >= 0.3 is 5.97 Å². The third-order valence-electron chi connectivity index (χ3n) is 2.19. The van der Waals surface area contributed by atoms with Crippen molar-refractivity contribution in [2.45, 2.75) is 26.9 Å². The van der Waals surface area contributed by atoms with Gasteiger partial charge in [-0.05, 0) is 44.0 Å². The van der Waals surface area contributed by atoms with Gasteiger partial charge in [0.2, 0.25) is 0 Å². The molecular weight excluding hydrogens is 216 g/mol. The van der Waals surface area contributed by atoms with Crippen molar-refractivity contribution in [3.05, 3.63) is 35.4 Å². The number of carbonyl (C=O) groups is 1. The van der Waals surface area contributed by atoms with Crippen LogP contribution >= 0.6 is 0 Å². The maximum atomic E-state index is 11.0. The molecule has 0 fully saturated rings. The molecule has 17 heavy (non-hydrogen) atoms. The van der Waals surface area contributed by atoms with Gasteiger partial charge in [0.15, 0.2) is 0 Å². The van der Waals surface area contributed by atoms with E-state index in [-0.39, 0.29) is 12.1 Å². The molecule has 0 saturated heterocycles. The van der Waals surface area contributed by atoms with Crippen LogP contribution in [0, 0.1) is 6.92 Å². The van der Waals surface area contributed by atoms with E-state index < -0.39 is 0 Å². The highest BCUT2D eigenvalue weighted by Gasteiger charge is 2.02. The first kappa shape index (κ1) is 13.3. The zero-order valence-electron chi connectivity index (χ0n) is 10.7. The van der Waals surface area contributed by atoms with E-state index in [2.05, 4.69) is 4.74 Å². The number of hydrogen-bond donors (Lipinski definition) is 0. The minimum absolute atomic E-state index is 0.133. The molecule has 0 saturated carbocycles. The minimum atomic E-state index is -0.364. The maximum Gasteiger partial charge on any atom is 0.330 e. The van der Waals surface area contributed by atoms with Crippen LogP contribution in [0.5, 0.6) is 5.75 Å². The molecule has 0 aliphatic carbocycles. The number of aryl methyl sites for hydroxylation is 1. The van der Waals surface area contributed by atoms with Crippen molar-refractivity contribution >= 4 is 12.0 Å². The van der Waals surface area contributed by atoms with Crippen molar-refractivity contribution in [2.75, 3.05) is 7.11 Å². The second-order valence-corrected chi connectivity index (χ2v) is 4.05. The minimum Gasteiger partial charge on any atom is -0.491 e. The molecule has 0 spiro atoms. The summed E-state index contributed by atoms with van der Waals surface area (Å²) < 4.78 is 10.2. The zero-order valence-corrected chi connectivity index (χ0v) is 10.7. The Morgan fingerprint density at radius 3 is 2.65 bits per heavy atom. The summed E-state index contributed by atoms with van der Waals surface area (Å²) in [6.07, 6.45) is 3.23. The molecule has 0 radical (unpaired) electrons. The van der Waals surface area contributed by atoms with Gasteiger partial charge in [-0.15, -0.1) is 0 Å². The van der Waals surface area contributed by atoms with Crippen molar-refractivity contribution in [3.8, 4) is 5.75 Å². The molecular formula is C14H18O3. The van der Waals surface area contributed by atoms with Gasteiger partial charge in [0, 0.05) is 6.08 Å². The Bertz CT molecular complexity index is 419. The van der Waals surface area contributed by atoms with Crippen LogP contribution in [0.4, 0.5) is 0 Å². The lowest BCUT2D eigenvalue weighted by molar-refractivity contribution is -0.134. The lowest BCUT2D eigenvalue weighted by atomic mass is 10.1. The molecule has 1 aromatic carbocycles. The van der Waals surface area contributed by atoms with Gasteiger partial charge in [0.05, 0.1) is 13.2 Å². The highest BCUT2D eigenvalue weighted by atomic mass is 16.5. The average molecular weight is 234 g/mol. The van der Waals surface area contributed by atoms with Crippen molar-refractivity contribution < 1.29 is 14.3 Å². The number of benzene rings is 1. The quantitative estimate of drug-likeness (QED) is 0.593. The number of methoxy groups -OCH3 is 1. The highest BCUT2D eigenvalue weighted by Crippen LogP contribution is 2.21. The van der Waals surface area contributed by atoms with Crippen molar-refractivity contribution in [2.24, 2.45) is 0 Å². The van der Waals surface area contributed by atoms with Crippen LogP contribution in [0.15, 0.2) is 24.3 Å². The van der Waals surface area contributed by atoms with Crippen molar-refractivity contribution in [1.82, 2.24) is 0 Å². The normalized spacial score (nSPS) is 10.9. The predicted molar refractivity (Wildman–Crippen MR) is 68.0 cm³/mol. The average Bonchev–Trinajstić information content (AvgIpc) is 2.29. The Morgan fingerprint density at radius 1 is 1.35 bits per heavy atom. The number of carbonyl (C=O) groups excluding carboxylic acids is 1. The molecule has 0 heterocycles. The number of ether oxygens (including phenoxy) is 2. The fourth-order valence-electron chi connectivity index (χ4n) is 1.33. The Hall–Kier alpha value is -1.77. The first-order valence-electron chi connectivity index (χ1n) is 5.56. The van der Waals surface area contributed by atoms with E-state index in [1.165, 1.54) is 13.2 Å². The summed E-state index contributed by atoms with van der Waals surface area (Å²) in [6, 6.07) is 5.81. The summed E-state index contributed by atoms with van der Waals surface area (Å²) >= 11 is 0. The largest absolute Gasteiger partial charge is 0.491 e. The third-order valence-corrected chi connectivity index (χ3v) is 2.19.